The predicted octanol–water partition coefficient (Wildman–Crippen LogP) is 2.10. The van der Waals surface area contributed by atoms with Gasteiger partial charge in [0.25, 0.3) is 0 Å². The average Bonchev–Trinajstić information content (AvgIpc) is 2.39. The second-order valence-electron chi connectivity index (χ2n) is 3.92. The van der Waals surface area contributed by atoms with E-state index in [4.69, 9.17) is 0 Å². The number of rotatable bonds is 3. The van der Waals surface area contributed by atoms with Crippen LogP contribution in [0.3, 0.4) is 0 Å². The molecular formula is C13H12N2O3. The van der Waals surface area contributed by atoms with Gasteiger partial charge in [-0.2, -0.15) is 0 Å². The van der Waals surface area contributed by atoms with Crippen LogP contribution in [0, 0.1) is 16.0 Å². The SMILES string of the molecule is O=[N+]([O-])C1(O)C=CC=CC1C=Nc1ccccc1. The van der Waals surface area contributed by atoms with E-state index < -0.39 is 16.6 Å². The van der Waals surface area contributed by atoms with Gasteiger partial charge in [-0.25, -0.2) is 0 Å². The van der Waals surface area contributed by atoms with E-state index in [-0.39, 0.29) is 0 Å². The highest BCUT2D eigenvalue weighted by molar-refractivity contribution is 5.70. The highest BCUT2D eigenvalue weighted by Gasteiger charge is 2.45. The molecule has 0 aliphatic heterocycles. The summed E-state index contributed by atoms with van der Waals surface area (Å²) in [5.74, 6) is -0.780. The number of nitrogens with zero attached hydrogens (tertiary/aromatic N) is 2. The van der Waals surface area contributed by atoms with E-state index in [0.29, 0.717) is 5.69 Å². The Morgan fingerprint density at radius 2 is 2.06 bits per heavy atom. The maximum absolute atomic E-state index is 10.9. The first-order valence-corrected chi connectivity index (χ1v) is 5.45. The fraction of sp³-hybridized carbons (Fsp3) is 0.154. The van der Waals surface area contributed by atoms with Gasteiger partial charge >= 0.3 is 5.72 Å². The first-order chi connectivity index (χ1) is 8.63. The number of aliphatic imine (C=N–C) groups is 1. The summed E-state index contributed by atoms with van der Waals surface area (Å²) in [7, 11) is 0. The Morgan fingerprint density at radius 3 is 2.72 bits per heavy atom. The molecule has 5 heteroatoms. The van der Waals surface area contributed by atoms with Gasteiger partial charge in [0.15, 0.2) is 0 Å². The van der Waals surface area contributed by atoms with Crippen molar-refractivity contribution in [2.45, 2.75) is 5.72 Å². The molecule has 0 saturated heterocycles. The van der Waals surface area contributed by atoms with Gasteiger partial charge in [-0.3, -0.25) is 15.1 Å². The van der Waals surface area contributed by atoms with Gasteiger partial charge in [0.2, 0.25) is 0 Å². The van der Waals surface area contributed by atoms with Crippen molar-refractivity contribution in [1.82, 2.24) is 0 Å². The van der Waals surface area contributed by atoms with Crippen LogP contribution in [-0.2, 0) is 0 Å². The van der Waals surface area contributed by atoms with Gasteiger partial charge in [0.05, 0.1) is 10.6 Å². The van der Waals surface area contributed by atoms with Gasteiger partial charge in [-0.15, -0.1) is 0 Å². The summed E-state index contributed by atoms with van der Waals surface area (Å²) in [4.78, 5) is 14.3. The van der Waals surface area contributed by atoms with Crippen LogP contribution in [0.5, 0.6) is 0 Å². The number of nitro groups is 1. The number of aliphatic hydroxyl groups is 1. The third-order valence-corrected chi connectivity index (χ3v) is 2.69. The van der Waals surface area contributed by atoms with Gasteiger partial charge in [-0.05, 0) is 12.1 Å². The van der Waals surface area contributed by atoms with E-state index >= 15 is 0 Å². The van der Waals surface area contributed by atoms with Crippen LogP contribution in [0.4, 0.5) is 5.69 Å². The first kappa shape index (κ1) is 12.2. The molecule has 1 aromatic carbocycles. The van der Waals surface area contributed by atoms with Crippen molar-refractivity contribution in [1.29, 1.82) is 0 Å². The summed E-state index contributed by atoms with van der Waals surface area (Å²) in [5.41, 5.74) is -1.43. The van der Waals surface area contributed by atoms with Crippen LogP contribution in [0.2, 0.25) is 0 Å². The fourth-order valence-electron chi connectivity index (χ4n) is 1.66. The molecule has 92 valence electrons. The Bertz CT molecular complexity index is 522. The maximum Gasteiger partial charge on any atom is 0.353 e. The monoisotopic (exact) mass is 244 g/mol. The van der Waals surface area contributed by atoms with Crippen LogP contribution >= 0.6 is 0 Å². The minimum atomic E-state index is -2.12. The van der Waals surface area contributed by atoms with E-state index in [2.05, 4.69) is 4.99 Å². The lowest BCUT2D eigenvalue weighted by molar-refractivity contribution is -0.612. The third kappa shape index (κ3) is 2.36. The number of benzene rings is 1. The van der Waals surface area contributed by atoms with E-state index in [0.717, 1.165) is 6.08 Å². The van der Waals surface area contributed by atoms with Gasteiger partial charge in [0, 0.05) is 12.3 Å². The molecule has 0 aromatic heterocycles. The number of hydrogen-bond acceptors (Lipinski definition) is 4. The minimum absolute atomic E-state index is 0.686. The van der Waals surface area contributed by atoms with Gasteiger partial charge in [-0.1, -0.05) is 36.4 Å². The van der Waals surface area contributed by atoms with E-state index in [9.17, 15) is 15.2 Å². The Morgan fingerprint density at radius 1 is 1.33 bits per heavy atom. The van der Waals surface area contributed by atoms with Crippen molar-refractivity contribution >= 4 is 11.9 Å². The fourth-order valence-corrected chi connectivity index (χ4v) is 1.66. The van der Waals surface area contributed by atoms with Crippen molar-refractivity contribution in [2.24, 2.45) is 10.9 Å². The highest BCUT2D eigenvalue weighted by Crippen LogP contribution is 2.24. The van der Waals surface area contributed by atoms with E-state index in [1.807, 2.05) is 18.2 Å². The summed E-state index contributed by atoms with van der Waals surface area (Å²) < 4.78 is 0. The van der Waals surface area contributed by atoms with E-state index in [1.54, 1.807) is 24.3 Å². The third-order valence-electron chi connectivity index (χ3n) is 2.69. The van der Waals surface area contributed by atoms with Crippen molar-refractivity contribution in [3.05, 3.63) is 64.8 Å². The first-order valence-electron chi connectivity index (χ1n) is 5.45. The van der Waals surface area contributed by atoms with E-state index in [1.165, 1.54) is 12.3 Å². The van der Waals surface area contributed by atoms with Crippen LogP contribution in [-0.4, -0.2) is 22.0 Å². The molecule has 0 amide bonds. The molecule has 1 aromatic rings. The van der Waals surface area contributed by atoms with Crippen molar-refractivity contribution in [2.75, 3.05) is 0 Å². The van der Waals surface area contributed by atoms with Crippen LogP contribution in [0.25, 0.3) is 0 Å². The quantitative estimate of drug-likeness (QED) is 0.383. The lowest BCUT2D eigenvalue weighted by Gasteiger charge is -2.22. The largest absolute Gasteiger partial charge is 0.353 e. The number of allylic oxidation sites excluding steroid dienone is 2. The average molecular weight is 244 g/mol. The smallest absolute Gasteiger partial charge is 0.326 e. The molecule has 5 nitrogen and oxygen atoms in total. The van der Waals surface area contributed by atoms with Crippen LogP contribution < -0.4 is 0 Å². The Kier molecular flexibility index (Phi) is 3.34. The summed E-state index contributed by atoms with van der Waals surface area (Å²) in [6.07, 6.45) is 7.21. The predicted molar refractivity (Wildman–Crippen MR) is 68.3 cm³/mol. The van der Waals surface area contributed by atoms with Crippen molar-refractivity contribution in [3.63, 3.8) is 0 Å². The molecule has 2 unspecified atom stereocenters. The molecule has 1 N–H and O–H groups in total. The zero-order chi connectivity index (χ0) is 13.0. The van der Waals surface area contributed by atoms with Gasteiger partial charge in [0.1, 0.15) is 5.92 Å². The molecular weight excluding hydrogens is 232 g/mol. The zero-order valence-corrected chi connectivity index (χ0v) is 9.51. The topological polar surface area (TPSA) is 75.7 Å². The molecule has 2 rings (SSSR count). The standard InChI is InChI=1S/C13H12N2O3/c16-13(15(17)18)9-5-4-6-11(13)10-14-12-7-2-1-3-8-12/h1-11,16H. The summed E-state index contributed by atoms with van der Waals surface area (Å²) >= 11 is 0. The molecule has 18 heavy (non-hydrogen) atoms. The Labute approximate surface area is 104 Å². The Balaban J connectivity index is 2.23. The summed E-state index contributed by atoms with van der Waals surface area (Å²) in [5, 5.41) is 20.9. The molecule has 0 saturated carbocycles. The Hall–Kier alpha value is -2.27. The lowest BCUT2D eigenvalue weighted by atomic mass is 9.93. The minimum Gasteiger partial charge on any atom is -0.326 e. The van der Waals surface area contributed by atoms with Crippen LogP contribution in [0.1, 0.15) is 0 Å². The summed E-state index contributed by atoms with van der Waals surface area (Å²) in [6, 6.07) is 9.07. The van der Waals surface area contributed by atoms with Crippen molar-refractivity contribution < 1.29 is 10.0 Å². The molecule has 0 radical (unpaired) electrons. The second kappa shape index (κ2) is 4.93. The number of hydrogen-bond donors (Lipinski definition) is 1. The molecule has 0 bridgehead atoms. The summed E-state index contributed by atoms with van der Waals surface area (Å²) in [6.45, 7) is 0. The van der Waals surface area contributed by atoms with Crippen LogP contribution in [0.15, 0.2) is 59.6 Å². The number of para-hydroxylation sites is 1. The molecule has 2 atom stereocenters. The molecule has 0 fully saturated rings. The normalized spacial score (nSPS) is 26.6. The highest BCUT2D eigenvalue weighted by atomic mass is 16.7. The molecule has 0 heterocycles. The molecule has 1 aliphatic rings. The lowest BCUT2D eigenvalue weighted by Crippen LogP contribution is -2.44. The maximum atomic E-state index is 10.9. The second-order valence-corrected chi connectivity index (χ2v) is 3.92. The van der Waals surface area contributed by atoms with Gasteiger partial charge < -0.3 is 5.11 Å². The molecule has 1 aliphatic carbocycles. The van der Waals surface area contributed by atoms with Crippen molar-refractivity contribution in [3.8, 4) is 0 Å². The molecule has 0 spiro atoms. The zero-order valence-electron chi connectivity index (χ0n) is 9.51.